The van der Waals surface area contributed by atoms with Crippen molar-refractivity contribution in [3.63, 3.8) is 0 Å². The van der Waals surface area contributed by atoms with Crippen molar-refractivity contribution in [3.05, 3.63) is 33.4 Å². The number of hydrogen-bond donors (Lipinski definition) is 3. The highest BCUT2D eigenvalue weighted by Gasteiger charge is 2.33. The molecular formula is C19H23FN4O3. The van der Waals surface area contributed by atoms with Gasteiger partial charge in [-0.2, -0.15) is 0 Å². The zero-order valence-corrected chi connectivity index (χ0v) is 15.4. The van der Waals surface area contributed by atoms with E-state index in [-0.39, 0.29) is 28.7 Å². The van der Waals surface area contributed by atoms with Crippen LogP contribution in [0.15, 0.2) is 11.0 Å². The Labute approximate surface area is 155 Å². The van der Waals surface area contributed by atoms with Crippen molar-refractivity contribution in [2.75, 3.05) is 30.4 Å². The van der Waals surface area contributed by atoms with Crippen LogP contribution in [0, 0.1) is 12.7 Å². The molecule has 2 fully saturated rings. The van der Waals surface area contributed by atoms with E-state index < -0.39 is 17.2 Å². The molecule has 0 bridgehead atoms. The Bertz CT molecular complexity index is 1010. The van der Waals surface area contributed by atoms with Crippen LogP contribution in [0.2, 0.25) is 0 Å². The molecule has 4 N–H and O–H groups in total. The lowest BCUT2D eigenvalue weighted by Gasteiger charge is -2.26. The monoisotopic (exact) mass is 374 g/mol. The molecule has 2 aromatic rings. The largest absolute Gasteiger partial charge is 0.477 e. The summed E-state index contributed by atoms with van der Waals surface area (Å²) in [7, 11) is 1.54. The number of aryl methyl sites for hydroxylation is 1. The van der Waals surface area contributed by atoms with Gasteiger partial charge in [-0.05, 0) is 31.7 Å². The molecule has 0 radical (unpaired) electrons. The van der Waals surface area contributed by atoms with E-state index >= 15 is 4.39 Å². The molecule has 144 valence electrons. The molecule has 27 heavy (non-hydrogen) atoms. The van der Waals surface area contributed by atoms with E-state index in [4.69, 9.17) is 5.73 Å². The molecule has 1 aromatic carbocycles. The number of carboxylic acids is 1. The molecule has 0 amide bonds. The number of carboxylic acid groups (broad SMARTS) is 1. The lowest BCUT2D eigenvalue weighted by Crippen LogP contribution is -2.28. The number of fused-ring (bicyclic) bond motifs is 1. The first-order valence-electron chi connectivity index (χ1n) is 9.17. The van der Waals surface area contributed by atoms with Crippen molar-refractivity contribution in [2.24, 2.45) is 5.73 Å². The lowest BCUT2D eigenvalue weighted by molar-refractivity contribution is 0.0695. The number of carbonyl (C=O) groups is 1. The van der Waals surface area contributed by atoms with E-state index in [9.17, 15) is 14.7 Å². The van der Waals surface area contributed by atoms with Crippen LogP contribution in [0.1, 0.15) is 41.2 Å². The first-order valence-corrected chi connectivity index (χ1v) is 9.17. The quantitative estimate of drug-likeness (QED) is 0.757. The average Bonchev–Trinajstić information content (AvgIpc) is 3.37. The number of nitrogens with one attached hydrogen (secondary N) is 1. The fourth-order valence-corrected chi connectivity index (χ4v) is 4.15. The van der Waals surface area contributed by atoms with Gasteiger partial charge >= 0.3 is 5.97 Å². The minimum absolute atomic E-state index is 0.0162. The molecule has 2 heterocycles. The Morgan fingerprint density at radius 2 is 2.07 bits per heavy atom. The number of benzene rings is 1. The van der Waals surface area contributed by atoms with Crippen molar-refractivity contribution >= 4 is 28.2 Å². The Balaban J connectivity index is 2.12. The maximum atomic E-state index is 15.5. The molecule has 1 atom stereocenters. The Hall–Kier alpha value is -2.61. The zero-order valence-electron chi connectivity index (χ0n) is 15.4. The average molecular weight is 374 g/mol. The third kappa shape index (κ3) is 2.66. The van der Waals surface area contributed by atoms with Crippen LogP contribution in [0.3, 0.4) is 0 Å². The number of rotatable bonds is 4. The second-order valence-corrected chi connectivity index (χ2v) is 7.45. The van der Waals surface area contributed by atoms with Crippen LogP contribution < -0.4 is 21.4 Å². The summed E-state index contributed by atoms with van der Waals surface area (Å²) in [5, 5.41) is 12.4. The molecule has 1 aliphatic carbocycles. The minimum Gasteiger partial charge on any atom is -0.477 e. The van der Waals surface area contributed by atoms with Gasteiger partial charge in [0.25, 0.3) is 0 Å². The molecule has 1 aromatic heterocycles. The molecule has 8 heteroatoms. The molecule has 0 spiro atoms. The summed E-state index contributed by atoms with van der Waals surface area (Å²) in [6.45, 7) is 2.99. The van der Waals surface area contributed by atoms with E-state index in [0.29, 0.717) is 29.9 Å². The summed E-state index contributed by atoms with van der Waals surface area (Å²) in [6.07, 6.45) is 4.01. The minimum atomic E-state index is -1.30. The number of nitrogens with two attached hydrogens (primary N) is 1. The molecule has 2 aliphatic rings. The molecular weight excluding hydrogens is 351 g/mol. The van der Waals surface area contributed by atoms with Gasteiger partial charge in [-0.3, -0.25) is 4.79 Å². The maximum Gasteiger partial charge on any atom is 0.341 e. The standard InChI is InChI=1S/C19H23FN4O3/c1-9-16-13(18(25)12(19(26)27)8-24(16)11-3-4-11)15(22-2)14(20)17(9)23-6-5-10(21)7-23/h8,10-11,22H,3-7,21H2,1-2H3,(H,26,27). The fraction of sp³-hybridized carbons (Fsp3) is 0.474. The van der Waals surface area contributed by atoms with E-state index in [1.807, 2.05) is 9.47 Å². The van der Waals surface area contributed by atoms with Crippen LogP contribution in [-0.2, 0) is 0 Å². The third-order valence-corrected chi connectivity index (χ3v) is 5.58. The number of anilines is 2. The van der Waals surface area contributed by atoms with Crippen molar-refractivity contribution in [1.82, 2.24) is 4.57 Å². The van der Waals surface area contributed by atoms with Crippen LogP contribution >= 0.6 is 0 Å². The predicted octanol–water partition coefficient (Wildman–Crippen LogP) is 2.06. The highest BCUT2D eigenvalue weighted by Crippen LogP contribution is 2.43. The van der Waals surface area contributed by atoms with E-state index in [0.717, 1.165) is 19.3 Å². The van der Waals surface area contributed by atoms with E-state index in [2.05, 4.69) is 5.32 Å². The highest BCUT2D eigenvalue weighted by atomic mass is 19.1. The predicted molar refractivity (Wildman–Crippen MR) is 102 cm³/mol. The van der Waals surface area contributed by atoms with Gasteiger partial charge in [0.05, 0.1) is 22.3 Å². The van der Waals surface area contributed by atoms with Crippen LogP contribution in [-0.4, -0.2) is 41.8 Å². The third-order valence-electron chi connectivity index (χ3n) is 5.58. The number of halogens is 1. The number of hydrogen-bond acceptors (Lipinski definition) is 5. The molecule has 1 unspecified atom stereocenters. The molecule has 4 rings (SSSR count). The second-order valence-electron chi connectivity index (χ2n) is 7.45. The van der Waals surface area contributed by atoms with Gasteiger partial charge in [-0.25, -0.2) is 9.18 Å². The van der Waals surface area contributed by atoms with E-state index in [1.165, 1.54) is 6.20 Å². The number of pyridine rings is 1. The van der Waals surface area contributed by atoms with Crippen LogP contribution in [0.25, 0.3) is 10.9 Å². The fourth-order valence-electron chi connectivity index (χ4n) is 4.15. The van der Waals surface area contributed by atoms with Gasteiger partial charge in [0.2, 0.25) is 5.43 Å². The van der Waals surface area contributed by atoms with Crippen molar-refractivity contribution in [3.8, 4) is 0 Å². The van der Waals surface area contributed by atoms with Crippen LogP contribution in [0.4, 0.5) is 15.8 Å². The summed E-state index contributed by atoms with van der Waals surface area (Å²) >= 11 is 0. The Morgan fingerprint density at radius 3 is 2.59 bits per heavy atom. The Morgan fingerprint density at radius 1 is 1.37 bits per heavy atom. The first kappa shape index (κ1) is 17.8. The number of aromatic nitrogens is 1. The number of aromatic carboxylic acids is 1. The molecule has 1 saturated carbocycles. The molecule has 1 aliphatic heterocycles. The van der Waals surface area contributed by atoms with Crippen molar-refractivity contribution in [1.29, 1.82) is 0 Å². The summed E-state index contributed by atoms with van der Waals surface area (Å²) < 4.78 is 17.3. The number of nitrogens with zero attached hydrogens (tertiary/aromatic N) is 2. The molecule has 7 nitrogen and oxygen atoms in total. The van der Waals surface area contributed by atoms with Crippen molar-refractivity contribution in [2.45, 2.75) is 38.3 Å². The van der Waals surface area contributed by atoms with Crippen LogP contribution in [0.5, 0.6) is 0 Å². The highest BCUT2D eigenvalue weighted by molar-refractivity contribution is 6.02. The van der Waals surface area contributed by atoms with Gasteiger partial charge in [0, 0.05) is 38.4 Å². The first-order chi connectivity index (χ1) is 12.8. The maximum absolute atomic E-state index is 15.5. The summed E-state index contributed by atoms with van der Waals surface area (Å²) in [5.74, 6) is -1.83. The van der Waals surface area contributed by atoms with Gasteiger partial charge in [-0.1, -0.05) is 0 Å². The Kier molecular flexibility index (Phi) is 4.10. The molecule has 1 saturated heterocycles. The van der Waals surface area contributed by atoms with E-state index in [1.54, 1.807) is 14.0 Å². The normalized spacial score (nSPS) is 19.7. The van der Waals surface area contributed by atoms with Gasteiger partial charge in [0.1, 0.15) is 5.56 Å². The summed E-state index contributed by atoms with van der Waals surface area (Å²) in [4.78, 5) is 26.4. The second kappa shape index (κ2) is 6.23. The summed E-state index contributed by atoms with van der Waals surface area (Å²) in [6, 6.07) is 0.117. The lowest BCUT2D eigenvalue weighted by atomic mass is 10.0. The smallest absolute Gasteiger partial charge is 0.341 e. The van der Waals surface area contributed by atoms with Gasteiger partial charge < -0.3 is 25.6 Å². The van der Waals surface area contributed by atoms with Crippen molar-refractivity contribution < 1.29 is 14.3 Å². The summed E-state index contributed by atoms with van der Waals surface area (Å²) in [5.41, 5.74) is 6.76. The van der Waals surface area contributed by atoms with Gasteiger partial charge in [0.15, 0.2) is 5.82 Å². The van der Waals surface area contributed by atoms with Gasteiger partial charge in [-0.15, -0.1) is 0 Å². The topological polar surface area (TPSA) is 101 Å². The zero-order chi connectivity index (χ0) is 19.5. The SMILES string of the molecule is CNc1c(F)c(N2CCC(N)C2)c(C)c2c1c(=O)c(C(=O)O)cn2C1CC1.